The number of nitrogens with zero attached hydrogens (tertiary/aromatic N) is 2. The van der Waals surface area contributed by atoms with Crippen molar-refractivity contribution >= 4 is 11.9 Å². The summed E-state index contributed by atoms with van der Waals surface area (Å²) >= 11 is 0. The van der Waals surface area contributed by atoms with Crippen LogP contribution in [0.15, 0.2) is 24.3 Å². The molecule has 5 nitrogen and oxygen atoms in total. The smallest absolute Gasteiger partial charge is 0.317 e. The number of nitrogens with one attached hydrogen (secondary N) is 1. The Labute approximate surface area is 145 Å². The minimum atomic E-state index is -0.246. The van der Waals surface area contributed by atoms with E-state index in [1.807, 2.05) is 61.8 Å². The highest BCUT2D eigenvalue weighted by atomic mass is 16.2. The Morgan fingerprint density at radius 1 is 1.00 bits per heavy atom. The fraction of sp³-hybridized carbons (Fsp3) is 0.579. The number of carbonyl (C=O) groups is 2. The maximum absolute atomic E-state index is 12.5. The molecule has 5 heteroatoms. The third-order valence-corrected chi connectivity index (χ3v) is 4.09. The van der Waals surface area contributed by atoms with Crippen LogP contribution in [0.2, 0.25) is 0 Å². The van der Waals surface area contributed by atoms with Crippen LogP contribution in [0.4, 0.5) is 4.79 Å². The van der Waals surface area contributed by atoms with Crippen LogP contribution in [0.5, 0.6) is 0 Å². The third-order valence-electron chi connectivity index (χ3n) is 4.09. The van der Waals surface area contributed by atoms with E-state index in [9.17, 15) is 9.59 Å². The summed E-state index contributed by atoms with van der Waals surface area (Å²) in [5, 5.41) is 2.99. The van der Waals surface area contributed by atoms with Crippen LogP contribution < -0.4 is 5.32 Å². The molecule has 24 heavy (non-hydrogen) atoms. The number of hydrogen-bond donors (Lipinski definition) is 1. The van der Waals surface area contributed by atoms with Gasteiger partial charge in [0, 0.05) is 31.7 Å². The van der Waals surface area contributed by atoms with Gasteiger partial charge in [-0.1, -0.05) is 29.8 Å². The van der Waals surface area contributed by atoms with Crippen LogP contribution in [-0.4, -0.2) is 53.5 Å². The lowest BCUT2D eigenvalue weighted by molar-refractivity contribution is -0.130. The van der Waals surface area contributed by atoms with E-state index in [2.05, 4.69) is 5.32 Å². The van der Waals surface area contributed by atoms with E-state index < -0.39 is 0 Å². The summed E-state index contributed by atoms with van der Waals surface area (Å²) in [6, 6.07) is 8.03. The largest absolute Gasteiger partial charge is 0.341 e. The molecule has 0 saturated carbocycles. The van der Waals surface area contributed by atoms with Gasteiger partial charge in [-0.25, -0.2) is 4.79 Å². The van der Waals surface area contributed by atoms with E-state index >= 15 is 0 Å². The van der Waals surface area contributed by atoms with Crippen molar-refractivity contribution in [2.45, 2.75) is 46.1 Å². The maximum atomic E-state index is 12.5. The second-order valence-corrected chi connectivity index (χ2v) is 7.56. The summed E-state index contributed by atoms with van der Waals surface area (Å²) in [5.74, 6) is 0.136. The number of benzene rings is 1. The molecule has 1 saturated heterocycles. The molecule has 1 heterocycles. The Balaban J connectivity index is 1.89. The predicted molar refractivity (Wildman–Crippen MR) is 95.9 cm³/mol. The Hall–Kier alpha value is -2.04. The van der Waals surface area contributed by atoms with Crippen molar-refractivity contribution in [3.8, 4) is 0 Å². The van der Waals surface area contributed by atoms with Crippen molar-refractivity contribution in [2.75, 3.05) is 26.2 Å². The number of aryl methyl sites for hydroxylation is 1. The fourth-order valence-electron chi connectivity index (χ4n) is 2.76. The zero-order valence-electron chi connectivity index (χ0n) is 15.3. The summed E-state index contributed by atoms with van der Waals surface area (Å²) < 4.78 is 0. The average molecular weight is 331 g/mol. The zero-order chi connectivity index (χ0) is 17.7. The molecule has 0 atom stereocenters. The van der Waals surface area contributed by atoms with E-state index in [4.69, 9.17) is 0 Å². The molecule has 0 unspecified atom stereocenters. The van der Waals surface area contributed by atoms with Gasteiger partial charge in [0.15, 0.2) is 0 Å². The maximum Gasteiger partial charge on any atom is 0.317 e. The number of amides is 3. The molecule has 3 amide bonds. The Morgan fingerprint density at radius 3 is 2.21 bits per heavy atom. The van der Waals surface area contributed by atoms with Crippen LogP contribution in [0.3, 0.4) is 0 Å². The minimum absolute atomic E-state index is 0.0460. The summed E-state index contributed by atoms with van der Waals surface area (Å²) in [6.45, 7) is 10.5. The van der Waals surface area contributed by atoms with E-state index in [0.29, 0.717) is 32.6 Å². The fourth-order valence-corrected chi connectivity index (χ4v) is 2.76. The lowest BCUT2D eigenvalue weighted by atomic mass is 10.1. The van der Waals surface area contributed by atoms with E-state index in [1.54, 1.807) is 0 Å². The molecule has 1 N–H and O–H groups in total. The molecule has 0 bridgehead atoms. The van der Waals surface area contributed by atoms with Gasteiger partial charge in [-0.05, 0) is 39.7 Å². The molecule has 0 aliphatic carbocycles. The SMILES string of the molecule is Cc1ccc(CC(=O)N2CCCN(C(=O)NC(C)(C)C)CC2)cc1. The van der Waals surface area contributed by atoms with Crippen molar-refractivity contribution in [1.29, 1.82) is 0 Å². The van der Waals surface area contributed by atoms with Gasteiger partial charge >= 0.3 is 6.03 Å². The second kappa shape index (κ2) is 7.69. The Bertz CT molecular complexity index is 575. The van der Waals surface area contributed by atoms with Crippen molar-refractivity contribution in [1.82, 2.24) is 15.1 Å². The Kier molecular flexibility index (Phi) is 5.86. The van der Waals surface area contributed by atoms with Gasteiger partial charge < -0.3 is 15.1 Å². The molecular formula is C19H29N3O2. The van der Waals surface area contributed by atoms with Gasteiger partial charge in [0.1, 0.15) is 0 Å². The first kappa shape index (κ1) is 18.3. The lowest BCUT2D eigenvalue weighted by Crippen LogP contribution is -2.49. The molecule has 0 radical (unpaired) electrons. The second-order valence-electron chi connectivity index (χ2n) is 7.56. The summed E-state index contributed by atoms with van der Waals surface area (Å²) in [7, 11) is 0. The van der Waals surface area contributed by atoms with Crippen molar-refractivity contribution in [2.24, 2.45) is 0 Å². The van der Waals surface area contributed by atoms with Gasteiger partial charge in [-0.2, -0.15) is 0 Å². The summed E-state index contributed by atoms with van der Waals surface area (Å²) in [6.07, 6.45) is 1.24. The zero-order valence-corrected chi connectivity index (χ0v) is 15.3. The molecule has 0 aromatic heterocycles. The molecule has 1 aliphatic rings. The number of rotatable bonds is 2. The van der Waals surface area contributed by atoms with E-state index in [0.717, 1.165) is 12.0 Å². The summed E-state index contributed by atoms with van der Waals surface area (Å²) in [5.41, 5.74) is 1.99. The highest BCUT2D eigenvalue weighted by Crippen LogP contribution is 2.10. The van der Waals surface area contributed by atoms with Crippen molar-refractivity contribution in [3.63, 3.8) is 0 Å². The van der Waals surface area contributed by atoms with Crippen molar-refractivity contribution in [3.05, 3.63) is 35.4 Å². The molecule has 1 fully saturated rings. The molecule has 132 valence electrons. The number of carbonyl (C=O) groups excluding carboxylic acids is 2. The lowest BCUT2D eigenvalue weighted by Gasteiger charge is -2.27. The first-order chi connectivity index (χ1) is 11.2. The number of hydrogen-bond acceptors (Lipinski definition) is 2. The van der Waals surface area contributed by atoms with Gasteiger partial charge in [0.2, 0.25) is 5.91 Å². The van der Waals surface area contributed by atoms with Gasteiger partial charge in [0.25, 0.3) is 0 Å². The predicted octanol–water partition coefficient (Wildman–Crippen LogP) is 2.58. The molecule has 1 aromatic carbocycles. The third kappa shape index (κ3) is 5.55. The average Bonchev–Trinajstić information content (AvgIpc) is 2.74. The topological polar surface area (TPSA) is 52.7 Å². The first-order valence-corrected chi connectivity index (χ1v) is 8.65. The van der Waals surface area contributed by atoms with Crippen LogP contribution in [-0.2, 0) is 11.2 Å². The van der Waals surface area contributed by atoms with Gasteiger partial charge in [0.05, 0.1) is 6.42 Å². The monoisotopic (exact) mass is 331 g/mol. The van der Waals surface area contributed by atoms with Crippen LogP contribution >= 0.6 is 0 Å². The normalized spacial score (nSPS) is 15.8. The summed E-state index contributed by atoms with van der Waals surface area (Å²) in [4.78, 5) is 28.5. The number of urea groups is 1. The molecule has 1 aliphatic heterocycles. The van der Waals surface area contributed by atoms with Crippen LogP contribution in [0.1, 0.15) is 38.3 Å². The highest BCUT2D eigenvalue weighted by molar-refractivity contribution is 5.79. The van der Waals surface area contributed by atoms with Crippen LogP contribution in [0.25, 0.3) is 0 Å². The first-order valence-electron chi connectivity index (χ1n) is 8.65. The van der Waals surface area contributed by atoms with Crippen molar-refractivity contribution < 1.29 is 9.59 Å². The molecular weight excluding hydrogens is 302 g/mol. The molecule has 0 spiro atoms. The minimum Gasteiger partial charge on any atom is -0.341 e. The highest BCUT2D eigenvalue weighted by Gasteiger charge is 2.24. The standard InChI is InChI=1S/C19H29N3O2/c1-15-6-8-16(9-7-15)14-17(23)21-10-5-11-22(13-12-21)18(24)20-19(2,3)4/h6-9H,5,10-14H2,1-4H3,(H,20,24). The molecule has 1 aromatic rings. The molecule has 2 rings (SSSR count). The van der Waals surface area contributed by atoms with Crippen LogP contribution in [0, 0.1) is 6.92 Å². The van der Waals surface area contributed by atoms with Gasteiger partial charge in [-0.3, -0.25) is 4.79 Å². The van der Waals surface area contributed by atoms with Gasteiger partial charge in [-0.15, -0.1) is 0 Å². The van der Waals surface area contributed by atoms with E-state index in [-0.39, 0.29) is 17.5 Å². The Morgan fingerprint density at radius 2 is 1.58 bits per heavy atom. The quantitative estimate of drug-likeness (QED) is 0.905. The van der Waals surface area contributed by atoms with E-state index in [1.165, 1.54) is 5.56 Å².